The third-order valence-electron chi connectivity index (χ3n) is 2.94. The van der Waals surface area contributed by atoms with Gasteiger partial charge in [-0.25, -0.2) is 14.2 Å². The summed E-state index contributed by atoms with van der Waals surface area (Å²) in [6.45, 7) is 2.60. The van der Waals surface area contributed by atoms with Crippen LogP contribution in [0.2, 0.25) is 0 Å². The molecular formula is C15H15FN2O2. The average Bonchev–Trinajstić information content (AvgIpc) is 2.86. The molecule has 1 N–H and O–H groups in total. The number of hydrogen-bond acceptors (Lipinski definition) is 2. The van der Waals surface area contributed by atoms with Gasteiger partial charge in [0.1, 0.15) is 11.6 Å². The van der Waals surface area contributed by atoms with E-state index in [4.69, 9.17) is 5.11 Å². The molecule has 5 heteroatoms. The van der Waals surface area contributed by atoms with Gasteiger partial charge in [0.05, 0.1) is 0 Å². The number of carboxylic acid groups (broad SMARTS) is 1. The molecule has 1 heterocycles. The van der Waals surface area contributed by atoms with E-state index in [9.17, 15) is 9.18 Å². The Kier molecular flexibility index (Phi) is 4.30. The molecule has 0 aliphatic heterocycles. The first-order chi connectivity index (χ1) is 9.60. The number of aliphatic carboxylic acids is 1. The van der Waals surface area contributed by atoms with Crippen LogP contribution >= 0.6 is 0 Å². The van der Waals surface area contributed by atoms with Gasteiger partial charge in [-0.2, -0.15) is 0 Å². The summed E-state index contributed by atoms with van der Waals surface area (Å²) in [5.41, 5.74) is 1.16. The first kappa shape index (κ1) is 14.0. The number of nitrogens with zero attached hydrogens (tertiary/aromatic N) is 2. The lowest BCUT2D eigenvalue weighted by atomic mass is 10.1. The third kappa shape index (κ3) is 3.32. The summed E-state index contributed by atoms with van der Waals surface area (Å²) in [6, 6.07) is 4.68. The van der Waals surface area contributed by atoms with Crippen LogP contribution in [0.5, 0.6) is 0 Å². The van der Waals surface area contributed by atoms with E-state index < -0.39 is 11.8 Å². The Morgan fingerprint density at radius 2 is 2.30 bits per heavy atom. The van der Waals surface area contributed by atoms with E-state index in [1.54, 1.807) is 18.3 Å². The van der Waals surface area contributed by atoms with Crippen molar-refractivity contribution in [2.75, 3.05) is 0 Å². The lowest BCUT2D eigenvalue weighted by Crippen LogP contribution is -2.03. The van der Waals surface area contributed by atoms with Gasteiger partial charge in [-0.15, -0.1) is 0 Å². The quantitative estimate of drug-likeness (QED) is 0.853. The maximum Gasteiger partial charge on any atom is 0.328 e. The van der Waals surface area contributed by atoms with E-state index in [1.807, 2.05) is 17.7 Å². The topological polar surface area (TPSA) is 55.1 Å². The minimum absolute atomic E-state index is 0.267. The highest BCUT2D eigenvalue weighted by atomic mass is 19.1. The van der Waals surface area contributed by atoms with Crippen LogP contribution in [0.1, 0.15) is 23.9 Å². The third-order valence-corrected chi connectivity index (χ3v) is 2.94. The van der Waals surface area contributed by atoms with E-state index in [-0.39, 0.29) is 5.56 Å². The molecule has 0 aliphatic carbocycles. The van der Waals surface area contributed by atoms with Crippen molar-refractivity contribution < 1.29 is 14.3 Å². The highest BCUT2D eigenvalue weighted by Gasteiger charge is 2.05. The highest BCUT2D eigenvalue weighted by Crippen LogP contribution is 2.14. The maximum absolute atomic E-state index is 13.6. The van der Waals surface area contributed by atoms with Gasteiger partial charge in [0.25, 0.3) is 0 Å². The lowest BCUT2D eigenvalue weighted by molar-refractivity contribution is -0.131. The Morgan fingerprint density at radius 1 is 1.50 bits per heavy atom. The number of benzene rings is 1. The lowest BCUT2D eigenvalue weighted by Gasteiger charge is -2.08. The molecule has 0 spiro atoms. The summed E-state index contributed by atoms with van der Waals surface area (Å²) in [5.74, 6) is -0.581. The van der Waals surface area contributed by atoms with Gasteiger partial charge in [0.15, 0.2) is 0 Å². The summed E-state index contributed by atoms with van der Waals surface area (Å²) in [6.07, 6.45) is 6.61. The fraction of sp³-hybridized carbons (Fsp3) is 0.200. The van der Waals surface area contributed by atoms with Crippen LogP contribution in [-0.4, -0.2) is 20.6 Å². The number of carboxylic acids is 1. The van der Waals surface area contributed by atoms with Crippen molar-refractivity contribution in [2.45, 2.75) is 19.9 Å². The largest absolute Gasteiger partial charge is 0.478 e. The first-order valence-electron chi connectivity index (χ1n) is 6.29. The van der Waals surface area contributed by atoms with Gasteiger partial charge in [0, 0.05) is 37.0 Å². The van der Waals surface area contributed by atoms with Crippen molar-refractivity contribution in [3.63, 3.8) is 0 Å². The highest BCUT2D eigenvalue weighted by molar-refractivity contribution is 5.85. The van der Waals surface area contributed by atoms with Crippen LogP contribution in [-0.2, 0) is 17.8 Å². The summed E-state index contributed by atoms with van der Waals surface area (Å²) < 4.78 is 15.6. The summed E-state index contributed by atoms with van der Waals surface area (Å²) in [4.78, 5) is 14.7. The molecule has 4 nitrogen and oxygen atoms in total. The van der Waals surface area contributed by atoms with Crippen LogP contribution in [0.25, 0.3) is 6.08 Å². The zero-order valence-electron chi connectivity index (χ0n) is 11.1. The summed E-state index contributed by atoms with van der Waals surface area (Å²) in [7, 11) is 0. The van der Waals surface area contributed by atoms with Crippen molar-refractivity contribution in [1.82, 2.24) is 9.55 Å². The molecule has 20 heavy (non-hydrogen) atoms. The molecule has 2 aromatic rings. The fourth-order valence-electron chi connectivity index (χ4n) is 1.98. The van der Waals surface area contributed by atoms with Gasteiger partial charge in [-0.3, -0.25) is 0 Å². The molecule has 2 rings (SSSR count). The van der Waals surface area contributed by atoms with Crippen LogP contribution in [0.15, 0.2) is 36.7 Å². The van der Waals surface area contributed by atoms with E-state index in [0.717, 1.165) is 23.9 Å². The Morgan fingerprint density at radius 3 is 3.00 bits per heavy atom. The van der Waals surface area contributed by atoms with Gasteiger partial charge in [-0.05, 0) is 23.8 Å². The molecule has 0 radical (unpaired) electrons. The molecule has 104 valence electrons. The molecule has 0 amide bonds. The second-order valence-corrected chi connectivity index (χ2v) is 4.35. The van der Waals surface area contributed by atoms with Crippen LogP contribution in [0, 0.1) is 5.82 Å². The Balaban J connectivity index is 2.25. The molecule has 0 saturated heterocycles. The first-order valence-corrected chi connectivity index (χ1v) is 6.29. The summed E-state index contributed by atoms with van der Waals surface area (Å²) >= 11 is 0. The van der Waals surface area contributed by atoms with Crippen molar-refractivity contribution in [3.05, 3.63) is 59.4 Å². The Bertz CT molecular complexity index is 647. The molecule has 0 aliphatic rings. The van der Waals surface area contributed by atoms with E-state index in [2.05, 4.69) is 4.98 Å². The predicted molar refractivity (Wildman–Crippen MR) is 73.8 cm³/mol. The zero-order valence-corrected chi connectivity index (χ0v) is 11.1. The summed E-state index contributed by atoms with van der Waals surface area (Å²) in [5, 5.41) is 8.59. The van der Waals surface area contributed by atoms with Crippen molar-refractivity contribution in [2.24, 2.45) is 0 Å². The smallest absolute Gasteiger partial charge is 0.328 e. The van der Waals surface area contributed by atoms with E-state index in [1.165, 1.54) is 12.1 Å². The molecular weight excluding hydrogens is 259 g/mol. The van der Waals surface area contributed by atoms with Gasteiger partial charge in [-0.1, -0.05) is 13.0 Å². The molecule has 0 bridgehead atoms. The monoisotopic (exact) mass is 274 g/mol. The van der Waals surface area contributed by atoms with Gasteiger partial charge < -0.3 is 9.67 Å². The van der Waals surface area contributed by atoms with Crippen molar-refractivity contribution >= 4 is 12.0 Å². The fourth-order valence-corrected chi connectivity index (χ4v) is 1.98. The number of aromatic nitrogens is 2. The Hall–Kier alpha value is -2.43. The second-order valence-electron chi connectivity index (χ2n) is 4.35. The van der Waals surface area contributed by atoms with Crippen molar-refractivity contribution in [1.29, 1.82) is 0 Å². The molecule has 0 unspecified atom stereocenters. The van der Waals surface area contributed by atoms with Gasteiger partial charge in [0.2, 0.25) is 0 Å². The number of aryl methyl sites for hydroxylation is 1. The normalized spacial score (nSPS) is 11.1. The van der Waals surface area contributed by atoms with E-state index in [0.29, 0.717) is 6.54 Å². The standard InChI is InChI=1S/C15H15FN2O2/c1-2-14-17-7-8-18(14)10-11-3-5-13(16)12(9-11)4-6-15(19)20/h3-9H,2,10H2,1H3,(H,19,20). The second kappa shape index (κ2) is 6.14. The molecule has 0 saturated carbocycles. The molecule has 0 fully saturated rings. The molecule has 1 aromatic heterocycles. The minimum atomic E-state index is -1.10. The van der Waals surface area contributed by atoms with Gasteiger partial charge >= 0.3 is 5.97 Å². The number of carbonyl (C=O) groups is 1. The predicted octanol–water partition coefficient (Wildman–Crippen LogP) is 2.73. The maximum atomic E-state index is 13.6. The van der Waals surface area contributed by atoms with Crippen LogP contribution < -0.4 is 0 Å². The number of hydrogen-bond donors (Lipinski definition) is 1. The molecule has 0 atom stereocenters. The number of imidazole rings is 1. The molecule has 1 aromatic carbocycles. The minimum Gasteiger partial charge on any atom is -0.478 e. The Labute approximate surface area is 116 Å². The zero-order chi connectivity index (χ0) is 14.5. The van der Waals surface area contributed by atoms with Crippen molar-refractivity contribution in [3.8, 4) is 0 Å². The SMILES string of the molecule is CCc1nccn1Cc1ccc(F)c(C=CC(=O)O)c1. The van der Waals surface area contributed by atoms with Crippen LogP contribution in [0.3, 0.4) is 0 Å². The number of halogens is 1. The van der Waals surface area contributed by atoms with Crippen LogP contribution in [0.4, 0.5) is 4.39 Å². The van der Waals surface area contributed by atoms with E-state index >= 15 is 0 Å². The average molecular weight is 274 g/mol. The number of rotatable bonds is 5.